The molecule has 1 atom stereocenters. The van der Waals surface area contributed by atoms with Crippen LogP contribution in [0.1, 0.15) is 17.8 Å². The largest absolute Gasteiger partial charge is 0.573 e. The number of benzene rings is 1. The minimum absolute atomic E-state index is 0.121. The van der Waals surface area contributed by atoms with E-state index in [0.29, 0.717) is 5.69 Å². The summed E-state index contributed by atoms with van der Waals surface area (Å²) in [5.74, 6) is -0.234. The summed E-state index contributed by atoms with van der Waals surface area (Å²) < 4.78 is 42.0. The van der Waals surface area contributed by atoms with E-state index in [4.69, 9.17) is 0 Å². The van der Waals surface area contributed by atoms with Crippen LogP contribution in [0.3, 0.4) is 0 Å². The van der Waals surface area contributed by atoms with Crippen LogP contribution in [0.2, 0.25) is 0 Å². The van der Waals surface area contributed by atoms with Crippen molar-refractivity contribution in [1.29, 1.82) is 0 Å². The maximum Gasteiger partial charge on any atom is 0.573 e. The van der Waals surface area contributed by atoms with E-state index in [9.17, 15) is 13.2 Å². The highest BCUT2D eigenvalue weighted by Gasteiger charge is 2.32. The third-order valence-corrected chi connectivity index (χ3v) is 4.31. The Morgan fingerprint density at radius 2 is 1.90 bits per heavy atom. The number of thiophene rings is 1. The first kappa shape index (κ1) is 15.2. The third kappa shape index (κ3) is 4.14. The highest BCUT2D eigenvalue weighted by atomic mass is 79.9. The summed E-state index contributed by atoms with van der Waals surface area (Å²) in [5, 5.41) is 3.03. The van der Waals surface area contributed by atoms with Gasteiger partial charge >= 0.3 is 6.36 Å². The van der Waals surface area contributed by atoms with Crippen LogP contribution < -0.4 is 10.1 Å². The van der Waals surface area contributed by atoms with E-state index < -0.39 is 6.36 Å². The molecule has 0 aliphatic rings. The topological polar surface area (TPSA) is 21.3 Å². The normalized spacial score (nSPS) is 13.1. The van der Waals surface area contributed by atoms with Crippen molar-refractivity contribution < 1.29 is 17.9 Å². The van der Waals surface area contributed by atoms with Crippen LogP contribution in [0.5, 0.6) is 5.75 Å². The van der Waals surface area contributed by atoms with E-state index in [0.717, 1.165) is 8.66 Å². The summed E-state index contributed by atoms with van der Waals surface area (Å²) in [6.45, 7) is 1.88. The molecule has 0 aliphatic heterocycles. The molecule has 2 nitrogen and oxygen atoms in total. The van der Waals surface area contributed by atoms with Gasteiger partial charge in [0.1, 0.15) is 0 Å². The Bertz CT molecular complexity index is 585. The maximum absolute atomic E-state index is 12.3. The number of hydrogen-bond donors (Lipinski definition) is 1. The number of rotatable bonds is 4. The van der Waals surface area contributed by atoms with Gasteiger partial charge in [-0.05, 0) is 47.1 Å². The third-order valence-electron chi connectivity index (χ3n) is 2.51. The molecule has 0 aliphatic carbocycles. The average molecular weight is 366 g/mol. The molecule has 0 saturated heterocycles. The molecule has 0 radical (unpaired) electrons. The molecule has 108 valence electrons. The van der Waals surface area contributed by atoms with E-state index in [1.807, 2.05) is 19.1 Å². The van der Waals surface area contributed by atoms with Gasteiger partial charge in [-0.15, -0.1) is 24.5 Å². The van der Waals surface area contributed by atoms with Crippen LogP contribution in [-0.2, 0) is 0 Å². The molecule has 20 heavy (non-hydrogen) atoms. The molecule has 1 aromatic heterocycles. The van der Waals surface area contributed by atoms with Gasteiger partial charge in [-0.2, -0.15) is 0 Å². The lowest BCUT2D eigenvalue weighted by Crippen LogP contribution is -2.18. The predicted octanol–water partition coefficient (Wildman–Crippen LogP) is 5.58. The van der Waals surface area contributed by atoms with Gasteiger partial charge in [0.25, 0.3) is 0 Å². The lowest BCUT2D eigenvalue weighted by molar-refractivity contribution is -0.274. The predicted molar refractivity (Wildman–Crippen MR) is 77.2 cm³/mol. The Labute approximate surface area is 126 Å². The van der Waals surface area contributed by atoms with E-state index in [2.05, 4.69) is 26.0 Å². The van der Waals surface area contributed by atoms with Crippen LogP contribution in [0.15, 0.2) is 40.2 Å². The van der Waals surface area contributed by atoms with Crippen LogP contribution in [0.4, 0.5) is 18.9 Å². The standard InChI is InChI=1S/C13H11BrF3NOS/c1-8(11-6-7-12(14)20-11)18-9-4-2-3-5-10(9)19-13(15,16)17/h2-8,18H,1H3. The first-order chi connectivity index (χ1) is 9.35. The zero-order valence-electron chi connectivity index (χ0n) is 10.4. The second kappa shape index (κ2) is 6.05. The Balaban J connectivity index is 2.17. The fourth-order valence-electron chi connectivity index (χ4n) is 1.66. The number of nitrogens with one attached hydrogen (secondary N) is 1. The van der Waals surface area contributed by atoms with E-state index in [1.54, 1.807) is 12.1 Å². The number of ether oxygens (including phenoxy) is 1. The van der Waals surface area contributed by atoms with Gasteiger partial charge in [-0.1, -0.05) is 12.1 Å². The molecule has 1 unspecified atom stereocenters. The fourth-order valence-corrected chi connectivity index (χ4v) is 3.09. The molecule has 0 amide bonds. The molecule has 0 saturated carbocycles. The van der Waals surface area contributed by atoms with Crippen molar-refractivity contribution in [1.82, 2.24) is 0 Å². The van der Waals surface area contributed by atoms with Gasteiger partial charge in [0.05, 0.1) is 15.5 Å². The number of halogens is 4. The molecule has 1 N–H and O–H groups in total. The van der Waals surface area contributed by atoms with Crippen LogP contribution in [0, 0.1) is 0 Å². The minimum atomic E-state index is -4.70. The van der Waals surface area contributed by atoms with Crippen molar-refractivity contribution in [3.8, 4) is 5.75 Å². The molecule has 1 heterocycles. The summed E-state index contributed by atoms with van der Waals surface area (Å²) in [7, 11) is 0. The van der Waals surface area contributed by atoms with Gasteiger partial charge in [0, 0.05) is 4.88 Å². The SMILES string of the molecule is CC(Nc1ccccc1OC(F)(F)F)c1ccc(Br)s1. The Morgan fingerprint density at radius 1 is 1.20 bits per heavy atom. The second-order valence-electron chi connectivity index (χ2n) is 4.05. The molecule has 0 bridgehead atoms. The molecule has 2 aromatic rings. The van der Waals surface area contributed by atoms with Crippen molar-refractivity contribution >= 4 is 33.0 Å². The minimum Gasteiger partial charge on any atom is -0.404 e. The van der Waals surface area contributed by atoms with Crippen molar-refractivity contribution in [2.24, 2.45) is 0 Å². The summed E-state index contributed by atoms with van der Waals surface area (Å²) >= 11 is 4.88. The lowest BCUT2D eigenvalue weighted by Gasteiger charge is -2.18. The Kier molecular flexibility index (Phi) is 4.59. The van der Waals surface area contributed by atoms with E-state index >= 15 is 0 Å². The first-order valence-corrected chi connectivity index (χ1v) is 7.32. The zero-order chi connectivity index (χ0) is 14.8. The summed E-state index contributed by atoms with van der Waals surface area (Å²) in [6.07, 6.45) is -4.70. The summed E-state index contributed by atoms with van der Waals surface area (Å²) in [5.41, 5.74) is 0.307. The molecule has 0 spiro atoms. The highest BCUT2D eigenvalue weighted by molar-refractivity contribution is 9.11. The summed E-state index contributed by atoms with van der Waals surface area (Å²) in [6, 6.07) is 9.69. The van der Waals surface area contributed by atoms with Gasteiger partial charge in [-0.3, -0.25) is 0 Å². The van der Waals surface area contributed by atoms with Gasteiger partial charge in [0.2, 0.25) is 0 Å². The maximum atomic E-state index is 12.3. The molecular formula is C13H11BrF3NOS. The molecule has 0 fully saturated rings. The molecule has 2 rings (SSSR count). The highest BCUT2D eigenvalue weighted by Crippen LogP contribution is 2.34. The average Bonchev–Trinajstić information content (AvgIpc) is 2.77. The first-order valence-electron chi connectivity index (χ1n) is 5.72. The fraction of sp³-hybridized carbons (Fsp3) is 0.231. The molecule has 7 heteroatoms. The Morgan fingerprint density at radius 3 is 2.50 bits per heavy atom. The Hall–Kier alpha value is -1.21. The van der Waals surface area contributed by atoms with Crippen molar-refractivity contribution in [2.45, 2.75) is 19.3 Å². The summed E-state index contributed by atoms with van der Waals surface area (Å²) in [4.78, 5) is 1.01. The monoisotopic (exact) mass is 365 g/mol. The number of para-hydroxylation sites is 2. The van der Waals surface area contributed by atoms with Gasteiger partial charge < -0.3 is 10.1 Å². The lowest BCUT2D eigenvalue weighted by atomic mass is 10.2. The van der Waals surface area contributed by atoms with E-state index in [-0.39, 0.29) is 11.8 Å². The second-order valence-corrected chi connectivity index (χ2v) is 6.55. The van der Waals surface area contributed by atoms with Gasteiger partial charge in [0.15, 0.2) is 5.75 Å². The van der Waals surface area contributed by atoms with Crippen LogP contribution in [0.25, 0.3) is 0 Å². The van der Waals surface area contributed by atoms with Crippen molar-refractivity contribution in [2.75, 3.05) is 5.32 Å². The van der Waals surface area contributed by atoms with Gasteiger partial charge in [-0.25, -0.2) is 0 Å². The number of alkyl halides is 3. The number of hydrogen-bond acceptors (Lipinski definition) is 3. The zero-order valence-corrected chi connectivity index (χ0v) is 12.8. The van der Waals surface area contributed by atoms with Crippen molar-refractivity contribution in [3.63, 3.8) is 0 Å². The smallest absolute Gasteiger partial charge is 0.404 e. The van der Waals surface area contributed by atoms with Crippen LogP contribution in [-0.4, -0.2) is 6.36 Å². The molecular weight excluding hydrogens is 355 g/mol. The number of anilines is 1. The van der Waals surface area contributed by atoms with Crippen molar-refractivity contribution in [3.05, 3.63) is 45.1 Å². The van der Waals surface area contributed by atoms with Crippen LogP contribution >= 0.6 is 27.3 Å². The van der Waals surface area contributed by atoms with E-state index in [1.165, 1.54) is 23.5 Å². The quantitative estimate of drug-likeness (QED) is 0.763. The molecule has 1 aromatic carbocycles.